The standard InChI is InChI=1S/C19H17FN4O4/c1-22-7-8-23-15-13(10-25)21-24(9-11-3-5-12(20)6-4-11)18(26)14(15)17(28-2)16(23)19(22)27/h3-6,10H,7-9H2,1-2H3. The monoisotopic (exact) mass is 384 g/mol. The van der Waals surface area contributed by atoms with Crippen molar-refractivity contribution in [2.45, 2.75) is 13.1 Å². The summed E-state index contributed by atoms with van der Waals surface area (Å²) >= 11 is 0. The molecular formula is C19H17FN4O4. The van der Waals surface area contributed by atoms with Gasteiger partial charge in [-0.3, -0.25) is 14.4 Å². The van der Waals surface area contributed by atoms with Gasteiger partial charge in [0.1, 0.15) is 16.9 Å². The van der Waals surface area contributed by atoms with Crippen LogP contribution in [0, 0.1) is 5.82 Å². The molecule has 28 heavy (non-hydrogen) atoms. The van der Waals surface area contributed by atoms with E-state index in [4.69, 9.17) is 4.74 Å². The molecule has 0 unspecified atom stereocenters. The van der Waals surface area contributed by atoms with Crippen LogP contribution in [-0.4, -0.2) is 52.1 Å². The molecule has 2 aromatic heterocycles. The van der Waals surface area contributed by atoms with Crippen LogP contribution in [0.15, 0.2) is 29.1 Å². The summed E-state index contributed by atoms with van der Waals surface area (Å²) in [6.45, 7) is 0.907. The van der Waals surface area contributed by atoms with Crippen LogP contribution < -0.4 is 10.3 Å². The summed E-state index contributed by atoms with van der Waals surface area (Å²) < 4.78 is 21.3. The van der Waals surface area contributed by atoms with E-state index in [0.717, 1.165) is 4.68 Å². The van der Waals surface area contributed by atoms with E-state index >= 15 is 0 Å². The van der Waals surface area contributed by atoms with Crippen molar-refractivity contribution >= 4 is 23.1 Å². The lowest BCUT2D eigenvalue weighted by atomic mass is 10.2. The molecule has 1 aliphatic heterocycles. The van der Waals surface area contributed by atoms with E-state index in [1.165, 1.54) is 36.3 Å². The molecule has 0 atom stereocenters. The van der Waals surface area contributed by atoms with E-state index in [1.807, 2.05) is 0 Å². The van der Waals surface area contributed by atoms with E-state index in [1.54, 1.807) is 11.6 Å². The van der Waals surface area contributed by atoms with Crippen LogP contribution in [0.4, 0.5) is 4.39 Å². The van der Waals surface area contributed by atoms with Crippen LogP contribution in [0.1, 0.15) is 26.5 Å². The number of likely N-dealkylation sites (N-methyl/N-ethyl adjacent to an activating group) is 1. The maximum atomic E-state index is 13.1. The topological polar surface area (TPSA) is 86.4 Å². The molecule has 0 fully saturated rings. The predicted octanol–water partition coefficient (Wildman–Crippen LogP) is 1.29. The lowest BCUT2D eigenvalue weighted by molar-refractivity contribution is 0.0746. The van der Waals surface area contributed by atoms with E-state index < -0.39 is 11.4 Å². The molecule has 4 rings (SSSR count). The van der Waals surface area contributed by atoms with Gasteiger partial charge < -0.3 is 14.2 Å². The normalized spacial score (nSPS) is 13.7. The quantitative estimate of drug-likeness (QED) is 0.633. The Morgan fingerprint density at radius 1 is 1.21 bits per heavy atom. The molecule has 3 heterocycles. The zero-order chi connectivity index (χ0) is 20.0. The largest absolute Gasteiger partial charge is 0.493 e. The number of nitrogens with zero attached hydrogens (tertiary/aromatic N) is 4. The minimum absolute atomic E-state index is 0.0404. The number of ether oxygens (including phenoxy) is 1. The smallest absolute Gasteiger partial charge is 0.280 e. The lowest BCUT2D eigenvalue weighted by Gasteiger charge is -2.25. The van der Waals surface area contributed by atoms with Gasteiger partial charge in [0.05, 0.1) is 19.2 Å². The van der Waals surface area contributed by atoms with Gasteiger partial charge in [-0.1, -0.05) is 12.1 Å². The Hall–Kier alpha value is -3.49. The molecule has 0 N–H and O–H groups in total. The first-order valence-corrected chi connectivity index (χ1v) is 8.62. The molecule has 9 heteroatoms. The minimum Gasteiger partial charge on any atom is -0.493 e. The highest BCUT2D eigenvalue weighted by atomic mass is 19.1. The van der Waals surface area contributed by atoms with Crippen molar-refractivity contribution in [3.63, 3.8) is 0 Å². The third kappa shape index (κ3) is 2.58. The van der Waals surface area contributed by atoms with E-state index in [9.17, 15) is 18.8 Å². The van der Waals surface area contributed by atoms with Crippen molar-refractivity contribution < 1.29 is 18.7 Å². The average molecular weight is 384 g/mol. The number of methoxy groups -OCH3 is 1. The Bertz CT molecular complexity index is 1160. The van der Waals surface area contributed by atoms with Crippen molar-refractivity contribution in [2.24, 2.45) is 0 Å². The molecule has 1 aromatic carbocycles. The molecule has 0 aliphatic carbocycles. The second-order valence-electron chi connectivity index (χ2n) is 6.58. The Morgan fingerprint density at radius 3 is 2.57 bits per heavy atom. The highest BCUT2D eigenvalue weighted by molar-refractivity contribution is 6.07. The van der Waals surface area contributed by atoms with Gasteiger partial charge in [0.15, 0.2) is 17.7 Å². The summed E-state index contributed by atoms with van der Waals surface area (Å²) in [6, 6.07) is 5.64. The van der Waals surface area contributed by atoms with Gasteiger partial charge in [-0.05, 0) is 17.7 Å². The number of carbonyl (C=O) groups excluding carboxylic acids is 2. The van der Waals surface area contributed by atoms with Crippen LogP contribution in [0.2, 0.25) is 0 Å². The number of aromatic nitrogens is 3. The maximum Gasteiger partial charge on any atom is 0.280 e. The SMILES string of the molecule is COc1c2n(c3c(C=O)nn(Cc4ccc(F)cc4)c(=O)c13)CCN(C)C2=O. The first-order valence-electron chi connectivity index (χ1n) is 8.62. The molecule has 8 nitrogen and oxygen atoms in total. The summed E-state index contributed by atoms with van der Waals surface area (Å²) in [6.07, 6.45) is 0.554. The summed E-state index contributed by atoms with van der Waals surface area (Å²) in [5.41, 5.74) is 0.722. The number of amides is 1. The second-order valence-corrected chi connectivity index (χ2v) is 6.58. The van der Waals surface area contributed by atoms with Gasteiger partial charge in [-0.25, -0.2) is 9.07 Å². The zero-order valence-electron chi connectivity index (χ0n) is 15.3. The average Bonchev–Trinajstić information content (AvgIpc) is 3.04. The molecule has 144 valence electrons. The van der Waals surface area contributed by atoms with Crippen LogP contribution in [-0.2, 0) is 13.1 Å². The van der Waals surface area contributed by atoms with Crippen molar-refractivity contribution in [3.8, 4) is 5.75 Å². The van der Waals surface area contributed by atoms with Gasteiger partial charge in [0.2, 0.25) is 0 Å². The first-order chi connectivity index (χ1) is 13.5. The van der Waals surface area contributed by atoms with Gasteiger partial charge in [-0.2, -0.15) is 5.10 Å². The summed E-state index contributed by atoms with van der Waals surface area (Å²) in [4.78, 5) is 39.1. The van der Waals surface area contributed by atoms with E-state index in [-0.39, 0.29) is 35.0 Å². The van der Waals surface area contributed by atoms with Gasteiger partial charge in [0, 0.05) is 20.1 Å². The number of rotatable bonds is 4. The minimum atomic E-state index is -0.487. The first kappa shape index (κ1) is 17.9. The fraction of sp³-hybridized carbons (Fsp3) is 0.263. The lowest BCUT2D eigenvalue weighted by Crippen LogP contribution is -2.37. The van der Waals surface area contributed by atoms with E-state index in [2.05, 4.69) is 5.10 Å². The number of fused-ring (bicyclic) bond motifs is 3. The molecule has 0 saturated heterocycles. The third-order valence-electron chi connectivity index (χ3n) is 4.91. The maximum absolute atomic E-state index is 13.1. The van der Waals surface area contributed by atoms with Crippen LogP contribution >= 0.6 is 0 Å². The number of hydrogen-bond acceptors (Lipinski definition) is 5. The Balaban J connectivity index is 1.99. The van der Waals surface area contributed by atoms with Crippen molar-refractivity contribution in [3.05, 3.63) is 57.4 Å². The van der Waals surface area contributed by atoms with Gasteiger partial charge in [-0.15, -0.1) is 0 Å². The highest BCUT2D eigenvalue weighted by Gasteiger charge is 2.33. The van der Waals surface area contributed by atoms with Crippen molar-refractivity contribution in [2.75, 3.05) is 20.7 Å². The van der Waals surface area contributed by atoms with Gasteiger partial charge in [0.25, 0.3) is 11.5 Å². The summed E-state index contributed by atoms with van der Waals surface area (Å²) in [5.74, 6) is -0.548. The molecule has 0 radical (unpaired) electrons. The Labute approximate surface area is 158 Å². The number of halogens is 1. The molecule has 3 aromatic rings. The molecule has 1 amide bonds. The van der Waals surface area contributed by atoms with Crippen LogP contribution in [0.5, 0.6) is 5.75 Å². The zero-order valence-corrected chi connectivity index (χ0v) is 15.3. The third-order valence-corrected chi connectivity index (χ3v) is 4.91. The molecule has 1 aliphatic rings. The Morgan fingerprint density at radius 2 is 1.93 bits per heavy atom. The van der Waals surface area contributed by atoms with Crippen molar-refractivity contribution in [1.82, 2.24) is 19.2 Å². The molecule has 0 spiro atoms. The number of benzene rings is 1. The molecule has 0 bridgehead atoms. The fourth-order valence-corrected chi connectivity index (χ4v) is 3.53. The number of hydrogen-bond donors (Lipinski definition) is 0. The van der Waals surface area contributed by atoms with Crippen molar-refractivity contribution in [1.29, 1.82) is 0 Å². The molecular weight excluding hydrogens is 367 g/mol. The molecule has 0 saturated carbocycles. The Kier molecular flexibility index (Phi) is 4.21. The van der Waals surface area contributed by atoms with Gasteiger partial charge >= 0.3 is 0 Å². The summed E-state index contributed by atoms with van der Waals surface area (Å²) in [5, 5.41) is 4.32. The highest BCUT2D eigenvalue weighted by Crippen LogP contribution is 2.34. The predicted molar refractivity (Wildman–Crippen MR) is 98.4 cm³/mol. The summed E-state index contributed by atoms with van der Waals surface area (Å²) in [7, 11) is 3.04. The number of carbonyl (C=O) groups is 2. The fourth-order valence-electron chi connectivity index (χ4n) is 3.53. The van der Waals surface area contributed by atoms with Crippen LogP contribution in [0.3, 0.4) is 0 Å². The number of aldehydes is 1. The second kappa shape index (κ2) is 6.59. The van der Waals surface area contributed by atoms with E-state index in [0.29, 0.717) is 30.5 Å². The van der Waals surface area contributed by atoms with Crippen LogP contribution in [0.25, 0.3) is 10.9 Å².